The summed E-state index contributed by atoms with van der Waals surface area (Å²) in [7, 11) is 1.67. The van der Waals surface area contributed by atoms with Gasteiger partial charge in [0.05, 0.1) is 7.11 Å². The Labute approximate surface area is 126 Å². The number of benzene rings is 1. The van der Waals surface area contributed by atoms with E-state index in [1.807, 2.05) is 36.7 Å². The lowest BCUT2D eigenvalue weighted by Gasteiger charge is -2.20. The maximum Gasteiger partial charge on any atom is 0.132 e. The Balaban J connectivity index is 1.95. The Morgan fingerprint density at radius 1 is 1.00 bits per heavy atom. The molecule has 0 aliphatic heterocycles. The fraction of sp³-hybridized carbons (Fsp3) is 0.412. The lowest BCUT2D eigenvalue weighted by molar-refractivity contribution is 0.414. The van der Waals surface area contributed by atoms with Gasteiger partial charge in [0, 0.05) is 36.5 Å². The van der Waals surface area contributed by atoms with E-state index in [0.717, 1.165) is 30.1 Å². The molecule has 0 saturated heterocycles. The van der Waals surface area contributed by atoms with Gasteiger partial charge in [-0.05, 0) is 38.5 Å². The van der Waals surface area contributed by atoms with Crippen molar-refractivity contribution in [1.29, 1.82) is 0 Å². The van der Waals surface area contributed by atoms with Gasteiger partial charge in [0.15, 0.2) is 0 Å². The summed E-state index contributed by atoms with van der Waals surface area (Å²) in [5, 5.41) is 3.43. The first-order valence-corrected chi connectivity index (χ1v) is 7.14. The molecule has 1 aromatic carbocycles. The maximum absolute atomic E-state index is 5.15. The Morgan fingerprint density at radius 2 is 1.62 bits per heavy atom. The van der Waals surface area contributed by atoms with E-state index < -0.39 is 0 Å². The molecule has 2 rings (SSSR count). The van der Waals surface area contributed by atoms with Crippen molar-refractivity contribution in [1.82, 2.24) is 15.3 Å². The topological polar surface area (TPSA) is 47.0 Å². The van der Waals surface area contributed by atoms with Gasteiger partial charge in [-0.1, -0.05) is 12.1 Å². The second-order valence-corrected chi connectivity index (χ2v) is 6.14. The smallest absolute Gasteiger partial charge is 0.132 e. The molecule has 4 heteroatoms. The highest BCUT2D eigenvalue weighted by molar-refractivity contribution is 5.28. The SMILES string of the molecule is COc1ccc(Cc2ncc(CNC(C)(C)C)cn2)cc1. The summed E-state index contributed by atoms with van der Waals surface area (Å²) in [4.78, 5) is 8.87. The molecular weight excluding hydrogens is 262 g/mol. The van der Waals surface area contributed by atoms with Gasteiger partial charge in [-0.15, -0.1) is 0 Å². The van der Waals surface area contributed by atoms with Crippen LogP contribution in [0.2, 0.25) is 0 Å². The zero-order chi connectivity index (χ0) is 15.3. The zero-order valence-electron chi connectivity index (χ0n) is 13.2. The molecule has 1 heterocycles. The summed E-state index contributed by atoms with van der Waals surface area (Å²) in [5.74, 6) is 1.70. The zero-order valence-corrected chi connectivity index (χ0v) is 13.2. The fourth-order valence-corrected chi connectivity index (χ4v) is 1.86. The van der Waals surface area contributed by atoms with E-state index in [0.29, 0.717) is 0 Å². The average molecular weight is 285 g/mol. The monoisotopic (exact) mass is 285 g/mol. The van der Waals surface area contributed by atoms with Crippen LogP contribution in [0.25, 0.3) is 0 Å². The van der Waals surface area contributed by atoms with Gasteiger partial charge < -0.3 is 10.1 Å². The Kier molecular flexibility index (Phi) is 4.91. The number of methoxy groups -OCH3 is 1. The number of ether oxygens (including phenoxy) is 1. The lowest BCUT2D eigenvalue weighted by Crippen LogP contribution is -2.35. The number of hydrogen-bond acceptors (Lipinski definition) is 4. The molecule has 1 N–H and O–H groups in total. The van der Waals surface area contributed by atoms with Gasteiger partial charge in [0.1, 0.15) is 11.6 Å². The first kappa shape index (κ1) is 15.4. The molecular formula is C17H23N3O. The standard InChI is InChI=1S/C17H23N3O/c1-17(2,3)20-12-14-10-18-16(19-11-14)9-13-5-7-15(21-4)8-6-13/h5-8,10-11,20H,9,12H2,1-4H3. The van der Waals surface area contributed by atoms with Crippen LogP contribution in [0.5, 0.6) is 5.75 Å². The van der Waals surface area contributed by atoms with Gasteiger partial charge in [-0.25, -0.2) is 9.97 Å². The van der Waals surface area contributed by atoms with Crippen LogP contribution in [0.4, 0.5) is 0 Å². The molecule has 0 saturated carbocycles. The van der Waals surface area contributed by atoms with Crippen molar-refractivity contribution in [3.63, 3.8) is 0 Å². The van der Waals surface area contributed by atoms with Crippen LogP contribution in [-0.4, -0.2) is 22.6 Å². The van der Waals surface area contributed by atoms with Crippen LogP contribution in [0.3, 0.4) is 0 Å². The molecule has 0 fully saturated rings. The highest BCUT2D eigenvalue weighted by Crippen LogP contribution is 2.13. The van der Waals surface area contributed by atoms with Crippen LogP contribution in [0.15, 0.2) is 36.7 Å². The first-order valence-electron chi connectivity index (χ1n) is 7.14. The molecule has 4 nitrogen and oxygen atoms in total. The predicted octanol–water partition coefficient (Wildman–Crippen LogP) is 2.96. The molecule has 1 aromatic heterocycles. The summed E-state index contributed by atoms with van der Waals surface area (Å²) in [6, 6.07) is 7.99. The summed E-state index contributed by atoms with van der Waals surface area (Å²) < 4.78 is 5.15. The minimum Gasteiger partial charge on any atom is -0.497 e. The second kappa shape index (κ2) is 6.68. The quantitative estimate of drug-likeness (QED) is 0.917. The highest BCUT2D eigenvalue weighted by atomic mass is 16.5. The van der Waals surface area contributed by atoms with E-state index in [1.165, 1.54) is 5.56 Å². The van der Waals surface area contributed by atoms with Crippen LogP contribution in [0.1, 0.15) is 37.7 Å². The van der Waals surface area contributed by atoms with Gasteiger partial charge in [-0.3, -0.25) is 0 Å². The minimum atomic E-state index is 0.0990. The van der Waals surface area contributed by atoms with Crippen LogP contribution in [0, 0.1) is 0 Å². The maximum atomic E-state index is 5.15. The van der Waals surface area contributed by atoms with Crippen molar-refractivity contribution in [3.8, 4) is 5.75 Å². The van der Waals surface area contributed by atoms with Crippen molar-refractivity contribution in [2.24, 2.45) is 0 Å². The van der Waals surface area contributed by atoms with Crippen molar-refractivity contribution in [2.75, 3.05) is 7.11 Å². The molecule has 0 unspecified atom stereocenters. The van der Waals surface area contributed by atoms with Gasteiger partial charge in [0.2, 0.25) is 0 Å². The average Bonchev–Trinajstić information content (AvgIpc) is 2.46. The molecule has 112 valence electrons. The third-order valence-corrected chi connectivity index (χ3v) is 3.10. The van der Waals surface area contributed by atoms with E-state index in [4.69, 9.17) is 4.74 Å². The van der Waals surface area contributed by atoms with E-state index in [1.54, 1.807) is 7.11 Å². The highest BCUT2D eigenvalue weighted by Gasteiger charge is 2.08. The lowest BCUT2D eigenvalue weighted by atomic mass is 10.1. The van der Waals surface area contributed by atoms with Gasteiger partial charge in [0.25, 0.3) is 0 Å². The Morgan fingerprint density at radius 3 is 2.14 bits per heavy atom. The van der Waals surface area contributed by atoms with Gasteiger partial charge in [-0.2, -0.15) is 0 Å². The summed E-state index contributed by atoms with van der Waals surface area (Å²) >= 11 is 0. The molecule has 0 spiro atoms. The Bertz CT molecular complexity index is 556. The first-order chi connectivity index (χ1) is 9.96. The molecule has 0 bridgehead atoms. The Hall–Kier alpha value is -1.94. The van der Waals surface area contributed by atoms with Gasteiger partial charge >= 0.3 is 0 Å². The normalized spacial score (nSPS) is 11.4. The molecule has 0 aliphatic rings. The van der Waals surface area contributed by atoms with Crippen LogP contribution in [-0.2, 0) is 13.0 Å². The number of rotatable bonds is 5. The summed E-state index contributed by atoms with van der Waals surface area (Å²) in [5.41, 5.74) is 2.38. The van der Waals surface area contributed by atoms with Crippen LogP contribution < -0.4 is 10.1 Å². The van der Waals surface area contributed by atoms with E-state index in [-0.39, 0.29) is 5.54 Å². The van der Waals surface area contributed by atoms with Crippen molar-refractivity contribution in [3.05, 3.63) is 53.6 Å². The minimum absolute atomic E-state index is 0.0990. The number of nitrogens with one attached hydrogen (secondary N) is 1. The number of hydrogen-bond donors (Lipinski definition) is 1. The molecule has 0 radical (unpaired) electrons. The molecule has 0 atom stereocenters. The van der Waals surface area contributed by atoms with Crippen molar-refractivity contribution >= 4 is 0 Å². The summed E-state index contributed by atoms with van der Waals surface area (Å²) in [6.07, 6.45) is 4.52. The molecule has 21 heavy (non-hydrogen) atoms. The molecule has 2 aromatic rings. The number of aromatic nitrogens is 2. The second-order valence-electron chi connectivity index (χ2n) is 6.14. The van der Waals surface area contributed by atoms with Crippen molar-refractivity contribution < 1.29 is 4.74 Å². The summed E-state index contributed by atoms with van der Waals surface area (Å²) in [6.45, 7) is 7.22. The van der Waals surface area contributed by atoms with Crippen molar-refractivity contribution in [2.45, 2.75) is 39.3 Å². The van der Waals surface area contributed by atoms with E-state index in [9.17, 15) is 0 Å². The molecule has 0 amide bonds. The third-order valence-electron chi connectivity index (χ3n) is 3.10. The largest absolute Gasteiger partial charge is 0.497 e. The van der Waals surface area contributed by atoms with E-state index >= 15 is 0 Å². The van der Waals surface area contributed by atoms with Crippen LogP contribution >= 0.6 is 0 Å². The fourth-order valence-electron chi connectivity index (χ4n) is 1.86. The predicted molar refractivity (Wildman–Crippen MR) is 84.4 cm³/mol. The van der Waals surface area contributed by atoms with E-state index in [2.05, 4.69) is 36.1 Å². The number of nitrogens with zero attached hydrogens (tertiary/aromatic N) is 2. The molecule has 0 aliphatic carbocycles. The third kappa shape index (κ3) is 5.16.